The first kappa shape index (κ1) is 17.1. The second-order valence-electron chi connectivity index (χ2n) is 5.84. The Kier molecular flexibility index (Phi) is 5.38. The fourth-order valence-electron chi connectivity index (χ4n) is 2.85. The number of para-hydroxylation sites is 1. The van der Waals surface area contributed by atoms with E-state index in [2.05, 4.69) is 10.2 Å². The monoisotopic (exact) mass is 344 g/mol. The molecule has 3 rings (SSSR count). The number of halogens is 1. The lowest BCUT2D eigenvalue weighted by Crippen LogP contribution is -2.24. The smallest absolute Gasteiger partial charge is 0.262 e. The average molecular weight is 344 g/mol. The number of hydrogen-bond donors (Lipinski definition) is 1. The molecular formula is C19H21FN2O3. The zero-order chi connectivity index (χ0) is 17.6. The van der Waals surface area contributed by atoms with Gasteiger partial charge in [0.15, 0.2) is 6.61 Å². The van der Waals surface area contributed by atoms with Crippen molar-refractivity contribution in [2.24, 2.45) is 0 Å². The van der Waals surface area contributed by atoms with E-state index in [9.17, 15) is 9.18 Å². The molecule has 132 valence electrons. The van der Waals surface area contributed by atoms with Crippen LogP contribution in [0.1, 0.15) is 12.8 Å². The molecule has 0 aromatic heterocycles. The lowest BCUT2D eigenvalue weighted by molar-refractivity contribution is -0.118. The Hall–Kier alpha value is -2.76. The summed E-state index contributed by atoms with van der Waals surface area (Å²) < 4.78 is 24.7. The van der Waals surface area contributed by atoms with Crippen LogP contribution < -0.4 is 19.7 Å². The summed E-state index contributed by atoms with van der Waals surface area (Å²) >= 11 is 0. The van der Waals surface area contributed by atoms with Crippen molar-refractivity contribution in [3.8, 4) is 11.5 Å². The maximum absolute atomic E-state index is 14.2. The van der Waals surface area contributed by atoms with Crippen molar-refractivity contribution in [3.05, 3.63) is 48.3 Å². The Labute approximate surface area is 146 Å². The molecule has 0 aliphatic carbocycles. The molecule has 0 saturated carbocycles. The van der Waals surface area contributed by atoms with Gasteiger partial charge in [-0.3, -0.25) is 4.79 Å². The van der Waals surface area contributed by atoms with Gasteiger partial charge in [-0.05, 0) is 49.2 Å². The largest absolute Gasteiger partial charge is 0.497 e. The summed E-state index contributed by atoms with van der Waals surface area (Å²) in [5, 5.41) is 2.64. The molecule has 5 nitrogen and oxygen atoms in total. The highest BCUT2D eigenvalue weighted by Crippen LogP contribution is 2.31. The molecule has 1 amide bonds. The van der Waals surface area contributed by atoms with Gasteiger partial charge in [0.05, 0.1) is 12.8 Å². The number of anilines is 2. The van der Waals surface area contributed by atoms with Crippen LogP contribution in [0.4, 0.5) is 15.8 Å². The van der Waals surface area contributed by atoms with E-state index in [1.807, 2.05) is 6.07 Å². The molecule has 1 aliphatic heterocycles. The first-order valence-corrected chi connectivity index (χ1v) is 8.27. The Balaban J connectivity index is 1.64. The predicted octanol–water partition coefficient (Wildman–Crippen LogP) is 3.45. The molecule has 1 fully saturated rings. The normalized spacial score (nSPS) is 13.6. The van der Waals surface area contributed by atoms with Crippen molar-refractivity contribution in [2.75, 3.05) is 37.0 Å². The Morgan fingerprint density at radius 2 is 1.80 bits per heavy atom. The average Bonchev–Trinajstić information content (AvgIpc) is 3.16. The SMILES string of the molecule is COc1ccc(OCC(=O)Nc2c(F)cccc2N2CCCC2)cc1. The van der Waals surface area contributed by atoms with Gasteiger partial charge in [0.2, 0.25) is 0 Å². The van der Waals surface area contributed by atoms with Gasteiger partial charge in [-0.2, -0.15) is 0 Å². The maximum atomic E-state index is 14.2. The number of benzene rings is 2. The first-order chi connectivity index (χ1) is 12.2. The molecule has 6 heteroatoms. The molecule has 25 heavy (non-hydrogen) atoms. The van der Waals surface area contributed by atoms with E-state index >= 15 is 0 Å². The van der Waals surface area contributed by atoms with Crippen LogP contribution in [0.3, 0.4) is 0 Å². The molecular weight excluding hydrogens is 323 g/mol. The Morgan fingerprint density at radius 3 is 2.48 bits per heavy atom. The second kappa shape index (κ2) is 7.88. The van der Waals surface area contributed by atoms with Gasteiger partial charge in [0, 0.05) is 13.1 Å². The molecule has 1 heterocycles. The summed E-state index contributed by atoms with van der Waals surface area (Å²) in [7, 11) is 1.58. The molecule has 0 atom stereocenters. The van der Waals surface area contributed by atoms with Crippen molar-refractivity contribution < 1.29 is 18.7 Å². The third kappa shape index (κ3) is 4.21. The number of nitrogens with zero attached hydrogens (tertiary/aromatic N) is 1. The zero-order valence-electron chi connectivity index (χ0n) is 14.1. The van der Waals surface area contributed by atoms with Crippen molar-refractivity contribution >= 4 is 17.3 Å². The van der Waals surface area contributed by atoms with Crippen LogP contribution in [-0.2, 0) is 4.79 Å². The number of carbonyl (C=O) groups excluding carboxylic acids is 1. The quantitative estimate of drug-likeness (QED) is 0.872. The van der Waals surface area contributed by atoms with Crippen LogP contribution in [0.2, 0.25) is 0 Å². The molecule has 0 bridgehead atoms. The number of ether oxygens (including phenoxy) is 2. The van der Waals surface area contributed by atoms with E-state index in [1.54, 1.807) is 37.4 Å². The standard InChI is InChI=1S/C19H21FN2O3/c1-24-14-7-9-15(10-8-14)25-13-18(23)21-19-16(20)5-4-6-17(19)22-11-2-3-12-22/h4-10H,2-3,11-13H2,1H3,(H,21,23). The molecule has 1 N–H and O–H groups in total. The van der Waals surface area contributed by atoms with Crippen molar-refractivity contribution in [2.45, 2.75) is 12.8 Å². The summed E-state index contributed by atoms with van der Waals surface area (Å²) in [5.74, 6) is 0.409. The van der Waals surface area contributed by atoms with Gasteiger partial charge in [0.1, 0.15) is 23.0 Å². The van der Waals surface area contributed by atoms with Crippen LogP contribution in [-0.4, -0.2) is 32.7 Å². The van der Waals surface area contributed by atoms with Crippen LogP contribution in [0, 0.1) is 5.82 Å². The lowest BCUT2D eigenvalue weighted by atomic mass is 10.2. The van der Waals surface area contributed by atoms with Crippen molar-refractivity contribution in [1.29, 1.82) is 0 Å². The van der Waals surface area contributed by atoms with Gasteiger partial charge in [-0.15, -0.1) is 0 Å². The van der Waals surface area contributed by atoms with Crippen LogP contribution in [0.25, 0.3) is 0 Å². The molecule has 1 aliphatic rings. The number of methoxy groups -OCH3 is 1. The molecule has 0 spiro atoms. The Bertz CT molecular complexity index is 728. The summed E-state index contributed by atoms with van der Waals surface area (Å²) in [6.07, 6.45) is 2.15. The van der Waals surface area contributed by atoms with E-state index in [4.69, 9.17) is 9.47 Å². The third-order valence-corrected chi connectivity index (χ3v) is 4.13. The minimum atomic E-state index is -0.442. The minimum absolute atomic E-state index is 0.194. The van der Waals surface area contributed by atoms with Crippen LogP contribution in [0.5, 0.6) is 11.5 Å². The predicted molar refractivity (Wildman–Crippen MR) is 95.0 cm³/mol. The molecule has 0 radical (unpaired) electrons. The van der Waals surface area contributed by atoms with Gasteiger partial charge >= 0.3 is 0 Å². The minimum Gasteiger partial charge on any atom is -0.497 e. The molecule has 1 saturated heterocycles. The number of carbonyl (C=O) groups is 1. The highest BCUT2D eigenvalue weighted by atomic mass is 19.1. The van der Waals surface area contributed by atoms with Gasteiger partial charge < -0.3 is 19.7 Å². The zero-order valence-corrected chi connectivity index (χ0v) is 14.1. The number of nitrogens with one attached hydrogen (secondary N) is 1. The van der Waals surface area contributed by atoms with E-state index in [1.165, 1.54) is 6.07 Å². The van der Waals surface area contributed by atoms with Gasteiger partial charge in [-0.25, -0.2) is 4.39 Å². The fourth-order valence-corrected chi connectivity index (χ4v) is 2.85. The summed E-state index contributed by atoms with van der Waals surface area (Å²) in [5.41, 5.74) is 0.933. The van der Waals surface area contributed by atoms with E-state index in [0.29, 0.717) is 11.5 Å². The molecule has 2 aromatic rings. The van der Waals surface area contributed by atoms with Crippen LogP contribution >= 0.6 is 0 Å². The lowest BCUT2D eigenvalue weighted by Gasteiger charge is -2.22. The molecule has 0 unspecified atom stereocenters. The molecule has 2 aromatic carbocycles. The summed E-state index contributed by atoms with van der Waals surface area (Å²) in [4.78, 5) is 14.3. The number of amides is 1. The van der Waals surface area contributed by atoms with Crippen molar-refractivity contribution in [1.82, 2.24) is 0 Å². The number of hydrogen-bond acceptors (Lipinski definition) is 4. The van der Waals surface area contributed by atoms with Crippen molar-refractivity contribution in [3.63, 3.8) is 0 Å². The summed E-state index contributed by atoms with van der Waals surface area (Å²) in [6, 6.07) is 11.8. The highest BCUT2D eigenvalue weighted by Gasteiger charge is 2.19. The van der Waals surface area contributed by atoms with Gasteiger partial charge in [-0.1, -0.05) is 6.07 Å². The highest BCUT2D eigenvalue weighted by molar-refractivity contribution is 5.95. The fraction of sp³-hybridized carbons (Fsp3) is 0.316. The van der Waals surface area contributed by atoms with E-state index in [0.717, 1.165) is 31.6 Å². The third-order valence-electron chi connectivity index (χ3n) is 4.13. The topological polar surface area (TPSA) is 50.8 Å². The van der Waals surface area contributed by atoms with E-state index in [-0.39, 0.29) is 12.3 Å². The van der Waals surface area contributed by atoms with Crippen LogP contribution in [0.15, 0.2) is 42.5 Å². The maximum Gasteiger partial charge on any atom is 0.262 e. The van der Waals surface area contributed by atoms with Gasteiger partial charge in [0.25, 0.3) is 5.91 Å². The summed E-state index contributed by atoms with van der Waals surface area (Å²) in [6.45, 7) is 1.55. The van der Waals surface area contributed by atoms with E-state index < -0.39 is 11.7 Å². The Morgan fingerprint density at radius 1 is 1.12 bits per heavy atom. The second-order valence-corrected chi connectivity index (χ2v) is 5.84. The number of rotatable bonds is 6. The first-order valence-electron chi connectivity index (χ1n) is 8.27.